The first-order chi connectivity index (χ1) is 7.27. The van der Waals surface area contributed by atoms with Gasteiger partial charge in [-0.2, -0.15) is 0 Å². The third-order valence-electron chi connectivity index (χ3n) is 2.68. The maximum absolute atomic E-state index is 11.9. The van der Waals surface area contributed by atoms with Crippen LogP contribution in [0.1, 0.15) is 18.1 Å². The summed E-state index contributed by atoms with van der Waals surface area (Å²) in [6.07, 6.45) is 2.62. The van der Waals surface area contributed by atoms with Crippen LogP contribution in [0.25, 0.3) is 10.9 Å². The van der Waals surface area contributed by atoms with Crippen molar-refractivity contribution in [1.29, 1.82) is 0 Å². The van der Waals surface area contributed by atoms with Gasteiger partial charge in [0, 0.05) is 23.7 Å². The number of aromatic nitrogens is 1. The zero-order valence-corrected chi connectivity index (χ0v) is 8.71. The fraction of sp³-hybridized carbons (Fsp3) is 0.250. The van der Waals surface area contributed by atoms with Gasteiger partial charge in [0.2, 0.25) is 0 Å². The predicted molar refractivity (Wildman–Crippen MR) is 61.8 cm³/mol. The quantitative estimate of drug-likeness (QED) is 0.776. The van der Waals surface area contributed by atoms with Crippen LogP contribution in [0.4, 0.5) is 0 Å². The number of nitrogens with two attached hydrogens (primary N) is 1. The van der Waals surface area contributed by atoms with Crippen LogP contribution >= 0.6 is 0 Å². The first-order valence-corrected chi connectivity index (χ1v) is 5.10. The number of aromatic amines is 1. The minimum atomic E-state index is 0.0431. The van der Waals surface area contributed by atoms with Gasteiger partial charge in [0.25, 0.3) is 0 Å². The van der Waals surface area contributed by atoms with Crippen LogP contribution in [-0.2, 0) is 13.0 Å². The molecule has 0 unspecified atom stereocenters. The molecule has 1 heterocycles. The fourth-order valence-electron chi connectivity index (χ4n) is 1.80. The van der Waals surface area contributed by atoms with Crippen molar-refractivity contribution in [3.8, 4) is 0 Å². The topological polar surface area (TPSA) is 58.9 Å². The predicted octanol–water partition coefficient (Wildman–Crippen LogP) is 1.55. The lowest BCUT2D eigenvalue weighted by atomic mass is 10.1. The van der Waals surface area contributed by atoms with Gasteiger partial charge in [-0.3, -0.25) is 4.79 Å². The highest BCUT2D eigenvalue weighted by atomic mass is 16.1. The van der Waals surface area contributed by atoms with Crippen molar-refractivity contribution in [3.63, 3.8) is 0 Å². The third-order valence-corrected chi connectivity index (χ3v) is 2.68. The molecule has 0 spiro atoms. The smallest absolute Gasteiger partial charge is 0.193 e. The zero-order valence-electron chi connectivity index (χ0n) is 8.71. The molecule has 2 aromatic rings. The Balaban J connectivity index is 2.84. The average Bonchev–Trinajstić information content (AvgIpc) is 2.29. The molecule has 0 radical (unpaired) electrons. The van der Waals surface area contributed by atoms with E-state index in [2.05, 4.69) is 11.9 Å². The van der Waals surface area contributed by atoms with Crippen LogP contribution in [-0.4, -0.2) is 4.98 Å². The maximum Gasteiger partial charge on any atom is 0.193 e. The molecule has 0 bridgehead atoms. The second-order valence-electron chi connectivity index (χ2n) is 3.54. The highest BCUT2D eigenvalue weighted by molar-refractivity contribution is 5.82. The molecule has 0 fully saturated rings. The lowest BCUT2D eigenvalue weighted by Gasteiger charge is -2.05. The Morgan fingerprint density at radius 3 is 2.80 bits per heavy atom. The van der Waals surface area contributed by atoms with E-state index < -0.39 is 0 Å². The molecule has 0 amide bonds. The van der Waals surface area contributed by atoms with E-state index in [-0.39, 0.29) is 12.0 Å². The van der Waals surface area contributed by atoms with Gasteiger partial charge in [-0.25, -0.2) is 0 Å². The molecule has 0 saturated heterocycles. The Morgan fingerprint density at radius 2 is 2.13 bits per heavy atom. The van der Waals surface area contributed by atoms with Crippen LogP contribution in [0.2, 0.25) is 0 Å². The van der Waals surface area contributed by atoms with Crippen molar-refractivity contribution >= 4 is 10.9 Å². The molecule has 1 aromatic carbocycles. The molecule has 3 nitrogen and oxygen atoms in total. The van der Waals surface area contributed by atoms with E-state index in [0.29, 0.717) is 5.56 Å². The Kier molecular flexibility index (Phi) is 2.56. The summed E-state index contributed by atoms with van der Waals surface area (Å²) in [6, 6.07) is 5.78. The third kappa shape index (κ3) is 1.55. The second-order valence-corrected chi connectivity index (χ2v) is 3.54. The van der Waals surface area contributed by atoms with E-state index in [1.165, 1.54) is 0 Å². The van der Waals surface area contributed by atoms with Gasteiger partial charge in [-0.15, -0.1) is 0 Å². The van der Waals surface area contributed by atoms with Gasteiger partial charge >= 0.3 is 0 Å². The molecule has 0 aliphatic rings. The van der Waals surface area contributed by atoms with Crippen molar-refractivity contribution in [1.82, 2.24) is 4.98 Å². The van der Waals surface area contributed by atoms with Gasteiger partial charge in [0.15, 0.2) is 5.43 Å². The Labute approximate surface area is 87.9 Å². The number of hydrogen-bond donors (Lipinski definition) is 2. The normalized spacial score (nSPS) is 10.8. The van der Waals surface area contributed by atoms with E-state index in [4.69, 9.17) is 5.73 Å². The molecule has 0 atom stereocenters. The fourth-order valence-corrected chi connectivity index (χ4v) is 1.80. The van der Waals surface area contributed by atoms with Gasteiger partial charge < -0.3 is 10.7 Å². The number of hydrogen-bond acceptors (Lipinski definition) is 2. The van der Waals surface area contributed by atoms with Crippen molar-refractivity contribution in [2.75, 3.05) is 0 Å². The Bertz CT molecular complexity index is 543. The first kappa shape index (κ1) is 9.93. The van der Waals surface area contributed by atoms with Crippen LogP contribution in [0.5, 0.6) is 0 Å². The van der Waals surface area contributed by atoms with Crippen molar-refractivity contribution in [2.45, 2.75) is 19.9 Å². The van der Waals surface area contributed by atoms with Crippen LogP contribution < -0.4 is 11.2 Å². The summed E-state index contributed by atoms with van der Waals surface area (Å²) in [6.45, 7) is 2.35. The SMILES string of the molecule is CCc1cccc2c(=O)c(CN)c[nH]c12. The molecule has 2 rings (SSSR count). The van der Waals surface area contributed by atoms with E-state index in [0.717, 1.165) is 22.9 Å². The molecule has 0 saturated carbocycles. The molecule has 0 aliphatic carbocycles. The lowest BCUT2D eigenvalue weighted by molar-refractivity contribution is 1.04. The number of aryl methyl sites for hydroxylation is 1. The number of pyridine rings is 1. The highest BCUT2D eigenvalue weighted by Gasteiger charge is 2.05. The van der Waals surface area contributed by atoms with E-state index in [1.54, 1.807) is 6.20 Å². The Morgan fingerprint density at radius 1 is 1.33 bits per heavy atom. The number of para-hydroxylation sites is 1. The molecule has 3 N–H and O–H groups in total. The van der Waals surface area contributed by atoms with Crippen molar-refractivity contribution in [2.24, 2.45) is 5.73 Å². The van der Waals surface area contributed by atoms with Crippen LogP contribution in [0.3, 0.4) is 0 Å². The summed E-state index contributed by atoms with van der Waals surface area (Å²) in [4.78, 5) is 15.1. The number of nitrogens with one attached hydrogen (secondary N) is 1. The van der Waals surface area contributed by atoms with Crippen LogP contribution in [0.15, 0.2) is 29.2 Å². The standard InChI is InChI=1S/C12H14N2O/c1-2-8-4-3-5-10-11(8)14-7-9(6-13)12(10)15/h3-5,7H,2,6,13H2,1H3,(H,14,15). The summed E-state index contributed by atoms with van der Waals surface area (Å²) in [5.74, 6) is 0. The van der Waals surface area contributed by atoms with E-state index in [1.807, 2.05) is 18.2 Å². The monoisotopic (exact) mass is 202 g/mol. The van der Waals surface area contributed by atoms with Crippen molar-refractivity contribution in [3.05, 3.63) is 45.7 Å². The maximum atomic E-state index is 11.9. The van der Waals surface area contributed by atoms with Crippen LogP contribution in [0, 0.1) is 0 Å². The minimum absolute atomic E-state index is 0.0431. The zero-order chi connectivity index (χ0) is 10.8. The Hall–Kier alpha value is -1.61. The summed E-state index contributed by atoms with van der Waals surface area (Å²) >= 11 is 0. The van der Waals surface area contributed by atoms with Gasteiger partial charge in [0.1, 0.15) is 0 Å². The average molecular weight is 202 g/mol. The highest BCUT2D eigenvalue weighted by Crippen LogP contribution is 2.14. The second kappa shape index (κ2) is 3.87. The minimum Gasteiger partial charge on any atom is -0.360 e. The summed E-state index contributed by atoms with van der Waals surface area (Å²) in [5.41, 5.74) is 8.26. The molecular weight excluding hydrogens is 188 g/mol. The van der Waals surface area contributed by atoms with Gasteiger partial charge in [-0.05, 0) is 18.1 Å². The summed E-state index contributed by atoms with van der Waals surface area (Å²) in [5, 5.41) is 0.734. The van der Waals surface area contributed by atoms with Gasteiger partial charge in [-0.1, -0.05) is 19.1 Å². The number of benzene rings is 1. The summed E-state index contributed by atoms with van der Waals surface area (Å²) < 4.78 is 0. The molecule has 0 aliphatic heterocycles. The molecule has 3 heteroatoms. The first-order valence-electron chi connectivity index (χ1n) is 5.10. The number of fused-ring (bicyclic) bond motifs is 1. The van der Waals surface area contributed by atoms with Gasteiger partial charge in [0.05, 0.1) is 5.52 Å². The van der Waals surface area contributed by atoms with Crippen molar-refractivity contribution < 1.29 is 0 Å². The van der Waals surface area contributed by atoms with E-state index in [9.17, 15) is 4.79 Å². The molecular formula is C12H14N2O. The summed E-state index contributed by atoms with van der Waals surface area (Å²) in [7, 11) is 0. The largest absolute Gasteiger partial charge is 0.360 e. The lowest BCUT2D eigenvalue weighted by Crippen LogP contribution is -2.14. The number of H-pyrrole nitrogens is 1. The molecule has 78 valence electrons. The number of rotatable bonds is 2. The molecule has 1 aromatic heterocycles. The van der Waals surface area contributed by atoms with E-state index >= 15 is 0 Å². The molecule has 15 heavy (non-hydrogen) atoms.